The summed E-state index contributed by atoms with van der Waals surface area (Å²) in [5.41, 5.74) is 0.716. The third kappa shape index (κ3) is 2.43. The Morgan fingerprint density at radius 2 is 1.80 bits per heavy atom. The Balaban J connectivity index is 1.83. The predicted octanol–water partition coefficient (Wildman–Crippen LogP) is 4.08. The van der Waals surface area contributed by atoms with Crippen molar-refractivity contribution in [1.29, 1.82) is 0 Å². The Kier molecular flexibility index (Phi) is 3.46. The molecule has 0 radical (unpaired) electrons. The van der Waals surface area contributed by atoms with E-state index < -0.39 is 5.54 Å². The van der Waals surface area contributed by atoms with Crippen LogP contribution in [0.2, 0.25) is 0 Å². The van der Waals surface area contributed by atoms with Crippen molar-refractivity contribution in [3.8, 4) is 0 Å². The van der Waals surface area contributed by atoms with Crippen molar-refractivity contribution < 1.29 is 4.42 Å². The highest BCUT2D eigenvalue weighted by molar-refractivity contribution is 5.78. The zero-order chi connectivity index (χ0) is 17.6. The lowest BCUT2D eigenvalue weighted by atomic mass is 9.87. The summed E-state index contributed by atoms with van der Waals surface area (Å²) < 4.78 is 7.47. The summed E-state index contributed by atoms with van der Waals surface area (Å²) in [5, 5.41) is 10.0. The molecule has 0 aliphatic carbocycles. The molecule has 0 aliphatic rings. The first-order valence-electron chi connectivity index (χ1n) is 8.32. The van der Waals surface area contributed by atoms with Crippen molar-refractivity contribution >= 4 is 21.9 Å². The molecule has 0 spiro atoms. The van der Waals surface area contributed by atoms with E-state index >= 15 is 0 Å². The molecule has 2 aromatic carbocycles. The molecule has 1 atom stereocenters. The highest BCUT2D eigenvalue weighted by atomic mass is 16.3. The smallest absolute Gasteiger partial charge is 0.278 e. The minimum atomic E-state index is -0.595. The lowest BCUT2D eigenvalue weighted by molar-refractivity contribution is 0.229. The zero-order valence-corrected chi connectivity index (χ0v) is 14.4. The number of benzene rings is 2. The standard InChI is InChI=1S/C20H19N3O2/c1-13(18-12-14-8-4-7-11-17(14)25-18)20(2,3)23-19(24)15-9-5-6-10-16(15)21-22-23/h4-13H,1-3H3. The molecule has 0 saturated heterocycles. The van der Waals surface area contributed by atoms with Gasteiger partial charge in [0.15, 0.2) is 0 Å². The molecule has 5 nitrogen and oxygen atoms in total. The molecule has 1 unspecified atom stereocenters. The van der Waals surface area contributed by atoms with Gasteiger partial charge in [0.05, 0.1) is 10.9 Å². The van der Waals surface area contributed by atoms with E-state index in [1.165, 1.54) is 4.68 Å². The number of fused-ring (bicyclic) bond motifs is 2. The Hall–Kier alpha value is -2.95. The van der Waals surface area contributed by atoms with E-state index in [4.69, 9.17) is 4.42 Å². The first kappa shape index (κ1) is 15.6. The van der Waals surface area contributed by atoms with E-state index in [1.807, 2.05) is 63.2 Å². The van der Waals surface area contributed by atoms with Gasteiger partial charge in [-0.1, -0.05) is 42.5 Å². The van der Waals surface area contributed by atoms with Crippen molar-refractivity contribution in [3.63, 3.8) is 0 Å². The third-order valence-electron chi connectivity index (χ3n) is 5.05. The highest BCUT2D eigenvalue weighted by Crippen LogP contribution is 2.35. The van der Waals surface area contributed by atoms with E-state index in [1.54, 1.807) is 12.1 Å². The van der Waals surface area contributed by atoms with Gasteiger partial charge in [0.1, 0.15) is 16.9 Å². The molecular formula is C20H19N3O2. The van der Waals surface area contributed by atoms with Crippen LogP contribution in [0.1, 0.15) is 32.4 Å². The van der Waals surface area contributed by atoms with Crippen LogP contribution in [-0.4, -0.2) is 15.0 Å². The summed E-state index contributed by atoms with van der Waals surface area (Å²) >= 11 is 0. The summed E-state index contributed by atoms with van der Waals surface area (Å²) in [4.78, 5) is 12.9. The molecule has 0 N–H and O–H groups in total. The maximum atomic E-state index is 12.9. The van der Waals surface area contributed by atoms with Crippen LogP contribution >= 0.6 is 0 Å². The molecule has 0 aliphatic heterocycles. The van der Waals surface area contributed by atoms with Gasteiger partial charge >= 0.3 is 0 Å². The molecule has 0 amide bonds. The molecule has 0 fully saturated rings. The Morgan fingerprint density at radius 1 is 1.08 bits per heavy atom. The van der Waals surface area contributed by atoms with Crippen molar-refractivity contribution in [2.24, 2.45) is 0 Å². The molecule has 2 aromatic heterocycles. The zero-order valence-electron chi connectivity index (χ0n) is 14.4. The minimum absolute atomic E-state index is 0.0620. The normalized spacial score (nSPS) is 13.4. The van der Waals surface area contributed by atoms with Crippen LogP contribution < -0.4 is 5.56 Å². The molecule has 0 bridgehead atoms. The van der Waals surface area contributed by atoms with E-state index in [9.17, 15) is 4.79 Å². The fourth-order valence-corrected chi connectivity index (χ4v) is 3.11. The van der Waals surface area contributed by atoms with Gasteiger partial charge in [-0.05, 0) is 38.1 Å². The SMILES string of the molecule is CC(c1cc2ccccc2o1)C(C)(C)n1nnc2ccccc2c1=O. The maximum Gasteiger partial charge on any atom is 0.278 e. The molecule has 0 saturated carbocycles. The van der Waals surface area contributed by atoms with Gasteiger partial charge in [-0.15, -0.1) is 5.10 Å². The number of hydrogen-bond donors (Lipinski definition) is 0. The summed E-state index contributed by atoms with van der Waals surface area (Å²) in [7, 11) is 0. The average Bonchev–Trinajstić information content (AvgIpc) is 3.05. The van der Waals surface area contributed by atoms with E-state index in [0.29, 0.717) is 10.9 Å². The van der Waals surface area contributed by atoms with Gasteiger partial charge in [-0.2, -0.15) is 0 Å². The first-order chi connectivity index (χ1) is 12.0. The van der Waals surface area contributed by atoms with Gasteiger partial charge in [-0.25, -0.2) is 4.68 Å². The van der Waals surface area contributed by atoms with Gasteiger partial charge in [0.25, 0.3) is 5.56 Å². The summed E-state index contributed by atoms with van der Waals surface area (Å²) in [5.74, 6) is 0.765. The van der Waals surface area contributed by atoms with E-state index in [-0.39, 0.29) is 11.5 Å². The summed E-state index contributed by atoms with van der Waals surface area (Å²) in [6.45, 7) is 6.01. The molecule has 126 valence electrons. The van der Waals surface area contributed by atoms with Crippen LogP contribution in [-0.2, 0) is 5.54 Å². The lowest BCUT2D eigenvalue weighted by Gasteiger charge is -2.30. The Bertz CT molecular complexity index is 1090. The summed E-state index contributed by atoms with van der Waals surface area (Å²) in [6, 6.07) is 17.2. The number of nitrogens with zero attached hydrogens (tertiary/aromatic N) is 3. The molecule has 25 heavy (non-hydrogen) atoms. The molecule has 4 aromatic rings. The number of aromatic nitrogens is 3. The topological polar surface area (TPSA) is 60.9 Å². The van der Waals surface area contributed by atoms with Gasteiger partial charge in [0, 0.05) is 11.3 Å². The molecular weight excluding hydrogens is 314 g/mol. The molecule has 5 heteroatoms. The average molecular weight is 333 g/mol. The molecule has 4 rings (SSSR count). The number of para-hydroxylation sites is 1. The fourth-order valence-electron chi connectivity index (χ4n) is 3.11. The van der Waals surface area contributed by atoms with Gasteiger partial charge < -0.3 is 4.42 Å². The van der Waals surface area contributed by atoms with Gasteiger partial charge in [0.2, 0.25) is 0 Å². The first-order valence-corrected chi connectivity index (χ1v) is 8.32. The van der Waals surface area contributed by atoms with Crippen molar-refractivity contribution in [1.82, 2.24) is 15.0 Å². The predicted molar refractivity (Wildman–Crippen MR) is 97.7 cm³/mol. The van der Waals surface area contributed by atoms with Crippen LogP contribution in [0.25, 0.3) is 21.9 Å². The van der Waals surface area contributed by atoms with Crippen LogP contribution in [0.4, 0.5) is 0 Å². The Labute approximate surface area is 144 Å². The number of hydrogen-bond acceptors (Lipinski definition) is 4. The monoisotopic (exact) mass is 333 g/mol. The van der Waals surface area contributed by atoms with Crippen LogP contribution in [0.5, 0.6) is 0 Å². The third-order valence-corrected chi connectivity index (χ3v) is 5.05. The second-order valence-corrected chi connectivity index (χ2v) is 6.89. The largest absolute Gasteiger partial charge is 0.461 e. The van der Waals surface area contributed by atoms with Crippen LogP contribution in [0, 0.1) is 0 Å². The Morgan fingerprint density at radius 3 is 2.60 bits per heavy atom. The number of rotatable bonds is 3. The van der Waals surface area contributed by atoms with Crippen molar-refractivity contribution in [3.05, 3.63) is 70.7 Å². The maximum absolute atomic E-state index is 12.9. The van der Waals surface area contributed by atoms with E-state index in [0.717, 1.165) is 16.7 Å². The summed E-state index contributed by atoms with van der Waals surface area (Å²) in [6.07, 6.45) is 0. The minimum Gasteiger partial charge on any atom is -0.461 e. The molecule has 2 heterocycles. The second kappa shape index (κ2) is 5.55. The second-order valence-electron chi connectivity index (χ2n) is 6.89. The number of furan rings is 1. The fraction of sp³-hybridized carbons (Fsp3) is 0.250. The lowest BCUT2D eigenvalue weighted by Crippen LogP contribution is -2.42. The highest BCUT2D eigenvalue weighted by Gasteiger charge is 2.34. The van der Waals surface area contributed by atoms with Gasteiger partial charge in [-0.3, -0.25) is 4.79 Å². The quantitative estimate of drug-likeness (QED) is 0.567. The van der Waals surface area contributed by atoms with Crippen LogP contribution in [0.3, 0.4) is 0 Å². The van der Waals surface area contributed by atoms with E-state index in [2.05, 4.69) is 10.3 Å². The van der Waals surface area contributed by atoms with Crippen LogP contribution in [0.15, 0.2) is 63.8 Å². The van der Waals surface area contributed by atoms with Crippen molar-refractivity contribution in [2.45, 2.75) is 32.2 Å². The van der Waals surface area contributed by atoms with Crippen molar-refractivity contribution in [2.75, 3.05) is 0 Å².